The minimum Gasteiger partial charge on any atom is -0.354 e. The Morgan fingerprint density at radius 1 is 1.18 bits per heavy atom. The minimum absolute atomic E-state index is 0.0714. The number of hydrogen-bond donors (Lipinski definition) is 3. The Morgan fingerprint density at radius 3 is 2.47 bits per heavy atom. The van der Waals surface area contributed by atoms with E-state index in [4.69, 9.17) is 0 Å². The summed E-state index contributed by atoms with van der Waals surface area (Å²) in [5, 5.41) is 8.62. The number of carbonyl (C=O) groups is 2. The minimum atomic E-state index is -0.123. The second-order valence-corrected chi connectivity index (χ2v) is 4.95. The van der Waals surface area contributed by atoms with Crippen molar-refractivity contribution < 1.29 is 9.59 Å². The molecule has 5 nitrogen and oxygen atoms in total. The van der Waals surface area contributed by atoms with E-state index in [0.717, 1.165) is 0 Å². The van der Waals surface area contributed by atoms with Crippen molar-refractivity contribution in [2.75, 3.05) is 19.6 Å². The van der Waals surface area contributed by atoms with E-state index in [0.29, 0.717) is 31.5 Å². The summed E-state index contributed by atoms with van der Waals surface area (Å²) < 4.78 is 0. The van der Waals surface area contributed by atoms with Gasteiger partial charge in [-0.2, -0.15) is 0 Å². The van der Waals surface area contributed by atoms with E-state index in [-0.39, 0.29) is 18.4 Å². The Hall–Kier alpha value is -1.10. The second kappa shape index (κ2) is 7.27. The highest BCUT2D eigenvalue weighted by atomic mass is 16.2. The van der Waals surface area contributed by atoms with Crippen molar-refractivity contribution in [2.45, 2.75) is 39.2 Å². The molecule has 0 spiro atoms. The largest absolute Gasteiger partial charge is 0.354 e. The quantitative estimate of drug-likeness (QED) is 0.561. The van der Waals surface area contributed by atoms with E-state index in [9.17, 15) is 9.59 Å². The van der Waals surface area contributed by atoms with Gasteiger partial charge in [0, 0.05) is 25.6 Å². The Bertz CT molecular complexity index is 262. The first-order valence-corrected chi connectivity index (χ1v) is 6.34. The lowest BCUT2D eigenvalue weighted by Crippen LogP contribution is -2.39. The molecule has 0 bridgehead atoms. The summed E-state index contributed by atoms with van der Waals surface area (Å²) in [4.78, 5) is 22.7. The van der Waals surface area contributed by atoms with Crippen LogP contribution in [0.3, 0.4) is 0 Å². The zero-order chi connectivity index (χ0) is 12.7. The average Bonchev–Trinajstić information content (AvgIpc) is 3.07. The van der Waals surface area contributed by atoms with Gasteiger partial charge in [-0.1, -0.05) is 13.8 Å². The van der Waals surface area contributed by atoms with Crippen molar-refractivity contribution in [3.63, 3.8) is 0 Å². The molecule has 0 aromatic rings. The van der Waals surface area contributed by atoms with Crippen LogP contribution >= 0.6 is 0 Å². The van der Waals surface area contributed by atoms with Crippen LogP contribution < -0.4 is 16.0 Å². The lowest BCUT2D eigenvalue weighted by atomic mass is 10.2. The summed E-state index contributed by atoms with van der Waals surface area (Å²) in [6.07, 6.45) is 2.88. The van der Waals surface area contributed by atoms with Gasteiger partial charge in [0.15, 0.2) is 0 Å². The van der Waals surface area contributed by atoms with Gasteiger partial charge >= 0.3 is 0 Å². The van der Waals surface area contributed by atoms with Crippen LogP contribution in [0.25, 0.3) is 0 Å². The van der Waals surface area contributed by atoms with E-state index in [1.807, 2.05) is 13.8 Å². The first kappa shape index (κ1) is 14.0. The molecule has 0 aromatic carbocycles. The number of nitrogens with one attached hydrogen (secondary N) is 3. The molecule has 1 aliphatic rings. The lowest BCUT2D eigenvalue weighted by Gasteiger charge is -2.08. The van der Waals surface area contributed by atoms with E-state index in [1.54, 1.807) is 0 Å². The normalized spacial score (nSPS) is 14.8. The molecular formula is C12H23N3O2. The maximum Gasteiger partial charge on any atom is 0.239 e. The van der Waals surface area contributed by atoms with Gasteiger partial charge in [-0.3, -0.25) is 9.59 Å². The molecule has 1 rings (SSSR count). The zero-order valence-electron chi connectivity index (χ0n) is 10.7. The van der Waals surface area contributed by atoms with Crippen LogP contribution in [-0.2, 0) is 9.59 Å². The number of rotatable bonds is 8. The first-order chi connectivity index (χ1) is 8.08. The molecule has 1 aliphatic carbocycles. The molecule has 0 heterocycles. The predicted molar refractivity (Wildman–Crippen MR) is 66.5 cm³/mol. The average molecular weight is 241 g/mol. The van der Waals surface area contributed by atoms with Crippen molar-refractivity contribution in [3.05, 3.63) is 0 Å². The molecule has 17 heavy (non-hydrogen) atoms. The summed E-state index contributed by atoms with van der Waals surface area (Å²) in [5.74, 6) is 0.234. The molecule has 0 atom stereocenters. The Balaban J connectivity index is 1.95. The van der Waals surface area contributed by atoms with E-state index in [2.05, 4.69) is 16.0 Å². The maximum absolute atomic E-state index is 11.4. The zero-order valence-corrected chi connectivity index (χ0v) is 10.7. The molecule has 0 aliphatic heterocycles. The smallest absolute Gasteiger partial charge is 0.239 e. The van der Waals surface area contributed by atoms with E-state index < -0.39 is 0 Å². The monoisotopic (exact) mass is 241 g/mol. The van der Waals surface area contributed by atoms with Gasteiger partial charge in [0.1, 0.15) is 0 Å². The second-order valence-electron chi connectivity index (χ2n) is 4.95. The Morgan fingerprint density at radius 2 is 1.88 bits per heavy atom. The molecule has 0 unspecified atom stereocenters. The maximum atomic E-state index is 11.4. The number of amides is 2. The molecule has 3 N–H and O–H groups in total. The van der Waals surface area contributed by atoms with Crippen molar-refractivity contribution in [3.8, 4) is 0 Å². The van der Waals surface area contributed by atoms with Gasteiger partial charge in [-0.25, -0.2) is 0 Å². The molecule has 1 fully saturated rings. The van der Waals surface area contributed by atoms with E-state index in [1.165, 1.54) is 12.8 Å². The van der Waals surface area contributed by atoms with Crippen LogP contribution in [-0.4, -0.2) is 37.5 Å². The van der Waals surface area contributed by atoms with Crippen LogP contribution in [0.5, 0.6) is 0 Å². The highest BCUT2D eigenvalue weighted by Crippen LogP contribution is 2.18. The Labute approximate surface area is 103 Å². The van der Waals surface area contributed by atoms with Crippen molar-refractivity contribution in [2.24, 2.45) is 5.92 Å². The summed E-state index contributed by atoms with van der Waals surface area (Å²) in [6.45, 7) is 5.49. The summed E-state index contributed by atoms with van der Waals surface area (Å²) in [5.41, 5.74) is 0. The predicted octanol–water partition coefficient (Wildman–Crippen LogP) is 0.0169. The molecule has 5 heteroatoms. The fraction of sp³-hybridized carbons (Fsp3) is 0.833. The highest BCUT2D eigenvalue weighted by molar-refractivity contribution is 5.84. The van der Waals surface area contributed by atoms with Crippen molar-refractivity contribution in [1.82, 2.24) is 16.0 Å². The van der Waals surface area contributed by atoms with Gasteiger partial charge in [0.05, 0.1) is 6.54 Å². The topological polar surface area (TPSA) is 70.2 Å². The van der Waals surface area contributed by atoms with Crippen molar-refractivity contribution in [1.29, 1.82) is 0 Å². The third kappa shape index (κ3) is 7.74. The standard InChI is InChI=1S/C12H23N3O2/c1-9(2)7-14-12(17)8-15-11(16)5-6-13-10-3-4-10/h9-10,13H,3-8H2,1-2H3,(H,14,17)(H,15,16). The van der Waals surface area contributed by atoms with Crippen LogP contribution in [0.15, 0.2) is 0 Å². The van der Waals surface area contributed by atoms with Gasteiger partial charge in [0.2, 0.25) is 11.8 Å². The molecule has 0 aromatic heterocycles. The third-order valence-corrected chi connectivity index (χ3v) is 2.52. The molecule has 0 radical (unpaired) electrons. The van der Waals surface area contributed by atoms with Crippen LogP contribution in [0.1, 0.15) is 33.1 Å². The Kier molecular flexibility index (Phi) is 5.97. The first-order valence-electron chi connectivity index (χ1n) is 6.34. The van der Waals surface area contributed by atoms with Gasteiger partial charge in [-0.05, 0) is 18.8 Å². The van der Waals surface area contributed by atoms with Gasteiger partial charge in [0.25, 0.3) is 0 Å². The molecular weight excluding hydrogens is 218 g/mol. The highest BCUT2D eigenvalue weighted by Gasteiger charge is 2.20. The summed E-state index contributed by atoms with van der Waals surface area (Å²) in [6, 6.07) is 0.622. The van der Waals surface area contributed by atoms with Crippen LogP contribution in [0.2, 0.25) is 0 Å². The van der Waals surface area contributed by atoms with Gasteiger partial charge in [-0.15, -0.1) is 0 Å². The summed E-state index contributed by atoms with van der Waals surface area (Å²) >= 11 is 0. The van der Waals surface area contributed by atoms with Crippen LogP contribution in [0.4, 0.5) is 0 Å². The van der Waals surface area contributed by atoms with Crippen LogP contribution in [0, 0.1) is 5.92 Å². The van der Waals surface area contributed by atoms with Crippen molar-refractivity contribution >= 4 is 11.8 Å². The van der Waals surface area contributed by atoms with Gasteiger partial charge < -0.3 is 16.0 Å². The molecule has 2 amide bonds. The van der Waals surface area contributed by atoms with E-state index >= 15 is 0 Å². The SMILES string of the molecule is CC(C)CNC(=O)CNC(=O)CCNC1CC1. The fourth-order valence-corrected chi connectivity index (χ4v) is 1.32. The number of hydrogen-bond acceptors (Lipinski definition) is 3. The molecule has 1 saturated carbocycles. The molecule has 0 saturated heterocycles. The lowest BCUT2D eigenvalue weighted by molar-refractivity contribution is -0.126. The third-order valence-electron chi connectivity index (χ3n) is 2.52. The number of carbonyl (C=O) groups excluding carboxylic acids is 2. The summed E-state index contributed by atoms with van der Waals surface area (Å²) in [7, 11) is 0. The molecule has 98 valence electrons. The fourth-order valence-electron chi connectivity index (χ4n) is 1.32.